The third-order valence-electron chi connectivity index (χ3n) is 4.51. The fraction of sp³-hybridized carbons (Fsp3) is 0.867. The summed E-state index contributed by atoms with van der Waals surface area (Å²) in [6.07, 6.45) is 11.5. The zero-order chi connectivity index (χ0) is 12.3. The Kier molecular flexibility index (Phi) is 4.12. The SMILES string of the molecule is C#CCCCN1CC(C)(C2CC2)NCC1CC. The molecule has 1 saturated heterocycles. The van der Waals surface area contributed by atoms with Crippen molar-refractivity contribution in [3.63, 3.8) is 0 Å². The molecule has 0 amide bonds. The molecule has 2 nitrogen and oxygen atoms in total. The van der Waals surface area contributed by atoms with Crippen molar-refractivity contribution in [2.24, 2.45) is 5.92 Å². The lowest BCUT2D eigenvalue weighted by Gasteiger charge is -2.46. The van der Waals surface area contributed by atoms with Crippen LogP contribution in [-0.4, -0.2) is 36.1 Å². The Balaban J connectivity index is 1.91. The standard InChI is InChI=1S/C15H26N2/c1-4-6-7-10-17-12-15(3,13-8-9-13)16-11-14(17)5-2/h1,13-14,16H,5-12H2,2-3H3. The van der Waals surface area contributed by atoms with E-state index in [0.717, 1.165) is 25.3 Å². The van der Waals surface area contributed by atoms with Gasteiger partial charge in [0.25, 0.3) is 0 Å². The van der Waals surface area contributed by atoms with Crippen LogP contribution in [0.15, 0.2) is 0 Å². The van der Waals surface area contributed by atoms with Gasteiger partial charge in [-0.25, -0.2) is 0 Å². The summed E-state index contributed by atoms with van der Waals surface area (Å²) in [5, 5.41) is 3.80. The Morgan fingerprint density at radius 3 is 2.82 bits per heavy atom. The molecule has 0 aromatic heterocycles. The van der Waals surface area contributed by atoms with Gasteiger partial charge >= 0.3 is 0 Å². The minimum Gasteiger partial charge on any atom is -0.308 e. The molecule has 2 unspecified atom stereocenters. The van der Waals surface area contributed by atoms with Crippen LogP contribution in [0, 0.1) is 18.3 Å². The fourth-order valence-corrected chi connectivity index (χ4v) is 3.13. The minimum absolute atomic E-state index is 0.363. The molecule has 17 heavy (non-hydrogen) atoms. The Bertz CT molecular complexity index is 290. The van der Waals surface area contributed by atoms with Gasteiger partial charge < -0.3 is 5.32 Å². The summed E-state index contributed by atoms with van der Waals surface area (Å²) in [7, 11) is 0. The summed E-state index contributed by atoms with van der Waals surface area (Å²) < 4.78 is 0. The van der Waals surface area contributed by atoms with Crippen molar-refractivity contribution < 1.29 is 0 Å². The molecule has 0 spiro atoms. The van der Waals surface area contributed by atoms with Gasteiger partial charge in [-0.1, -0.05) is 6.92 Å². The lowest BCUT2D eigenvalue weighted by molar-refractivity contribution is 0.0723. The number of terminal acetylenes is 1. The van der Waals surface area contributed by atoms with Crippen LogP contribution in [0.4, 0.5) is 0 Å². The number of hydrogen-bond acceptors (Lipinski definition) is 2. The van der Waals surface area contributed by atoms with Gasteiger partial charge in [-0.15, -0.1) is 12.3 Å². The molecule has 0 aromatic carbocycles. The van der Waals surface area contributed by atoms with Crippen LogP contribution in [-0.2, 0) is 0 Å². The number of hydrogen-bond donors (Lipinski definition) is 1. The normalized spacial score (nSPS) is 34.5. The highest BCUT2D eigenvalue weighted by atomic mass is 15.3. The Labute approximate surface area is 106 Å². The zero-order valence-electron chi connectivity index (χ0n) is 11.3. The van der Waals surface area contributed by atoms with Gasteiger partial charge in [-0.05, 0) is 45.1 Å². The summed E-state index contributed by atoms with van der Waals surface area (Å²) in [4.78, 5) is 2.67. The molecule has 2 aliphatic rings. The molecule has 2 atom stereocenters. The third kappa shape index (κ3) is 3.03. The van der Waals surface area contributed by atoms with E-state index in [9.17, 15) is 0 Å². The lowest BCUT2D eigenvalue weighted by atomic mass is 9.90. The Hall–Kier alpha value is -0.520. The van der Waals surface area contributed by atoms with Crippen molar-refractivity contribution in [2.75, 3.05) is 19.6 Å². The van der Waals surface area contributed by atoms with Crippen LogP contribution in [0.2, 0.25) is 0 Å². The first kappa shape index (κ1) is 12.9. The number of rotatable bonds is 5. The van der Waals surface area contributed by atoms with E-state index in [1.54, 1.807) is 0 Å². The molecule has 0 radical (unpaired) electrons. The molecular formula is C15H26N2. The first-order valence-corrected chi connectivity index (χ1v) is 7.12. The van der Waals surface area contributed by atoms with Crippen LogP contribution < -0.4 is 5.32 Å². The maximum absolute atomic E-state index is 5.34. The molecule has 2 heteroatoms. The van der Waals surface area contributed by atoms with Crippen LogP contribution in [0.1, 0.15) is 46.0 Å². The first-order valence-electron chi connectivity index (χ1n) is 7.12. The van der Waals surface area contributed by atoms with E-state index in [4.69, 9.17) is 6.42 Å². The maximum atomic E-state index is 5.34. The van der Waals surface area contributed by atoms with Crippen molar-refractivity contribution in [1.29, 1.82) is 0 Å². The molecule has 1 aliphatic heterocycles. The number of nitrogens with one attached hydrogen (secondary N) is 1. The summed E-state index contributed by atoms with van der Waals surface area (Å²) >= 11 is 0. The molecule has 1 N–H and O–H groups in total. The molecule has 0 bridgehead atoms. The zero-order valence-corrected chi connectivity index (χ0v) is 11.3. The van der Waals surface area contributed by atoms with Gasteiger partial charge in [-0.2, -0.15) is 0 Å². The second-order valence-corrected chi connectivity index (χ2v) is 5.91. The average molecular weight is 234 g/mol. The Morgan fingerprint density at radius 1 is 1.47 bits per heavy atom. The second-order valence-electron chi connectivity index (χ2n) is 5.91. The van der Waals surface area contributed by atoms with Gasteiger partial charge in [-0.3, -0.25) is 4.90 Å². The van der Waals surface area contributed by atoms with E-state index < -0.39 is 0 Å². The largest absolute Gasteiger partial charge is 0.308 e. The quantitative estimate of drug-likeness (QED) is 0.580. The van der Waals surface area contributed by atoms with Crippen molar-refractivity contribution in [3.05, 3.63) is 0 Å². The van der Waals surface area contributed by atoms with E-state index >= 15 is 0 Å². The average Bonchev–Trinajstić information content (AvgIpc) is 3.14. The van der Waals surface area contributed by atoms with Gasteiger partial charge in [0, 0.05) is 31.1 Å². The molecule has 2 fully saturated rings. The van der Waals surface area contributed by atoms with Crippen molar-refractivity contribution in [3.8, 4) is 12.3 Å². The van der Waals surface area contributed by atoms with Gasteiger partial charge in [0.05, 0.1) is 0 Å². The second kappa shape index (κ2) is 5.42. The molecule has 1 heterocycles. The number of piperazine rings is 1. The summed E-state index contributed by atoms with van der Waals surface area (Å²) in [5.41, 5.74) is 0.363. The minimum atomic E-state index is 0.363. The Morgan fingerprint density at radius 2 is 2.24 bits per heavy atom. The molecule has 0 aromatic rings. The summed E-state index contributed by atoms with van der Waals surface area (Å²) in [6, 6.07) is 0.708. The van der Waals surface area contributed by atoms with Crippen LogP contribution >= 0.6 is 0 Å². The predicted octanol–water partition coefficient (Wildman–Crippen LogP) is 2.25. The molecule has 2 rings (SSSR count). The lowest BCUT2D eigenvalue weighted by Crippen LogP contribution is -2.63. The van der Waals surface area contributed by atoms with Crippen LogP contribution in [0.25, 0.3) is 0 Å². The van der Waals surface area contributed by atoms with E-state index in [2.05, 4.69) is 30.0 Å². The van der Waals surface area contributed by atoms with Gasteiger partial charge in [0.2, 0.25) is 0 Å². The van der Waals surface area contributed by atoms with Crippen molar-refractivity contribution in [2.45, 2.75) is 57.5 Å². The maximum Gasteiger partial charge on any atom is 0.0309 e. The van der Waals surface area contributed by atoms with Gasteiger partial charge in [0.1, 0.15) is 0 Å². The van der Waals surface area contributed by atoms with E-state index in [1.807, 2.05) is 0 Å². The number of nitrogens with zero attached hydrogens (tertiary/aromatic N) is 1. The summed E-state index contributed by atoms with van der Waals surface area (Å²) in [6.45, 7) is 8.23. The first-order chi connectivity index (χ1) is 8.19. The topological polar surface area (TPSA) is 15.3 Å². The number of unbranched alkanes of at least 4 members (excludes halogenated alkanes) is 1. The highest BCUT2D eigenvalue weighted by molar-refractivity contribution is 5.04. The smallest absolute Gasteiger partial charge is 0.0309 e. The van der Waals surface area contributed by atoms with Crippen molar-refractivity contribution in [1.82, 2.24) is 10.2 Å². The monoisotopic (exact) mass is 234 g/mol. The van der Waals surface area contributed by atoms with Crippen LogP contribution in [0.3, 0.4) is 0 Å². The predicted molar refractivity (Wildman–Crippen MR) is 72.9 cm³/mol. The highest BCUT2D eigenvalue weighted by Gasteiger charge is 2.45. The van der Waals surface area contributed by atoms with E-state index in [0.29, 0.717) is 11.6 Å². The van der Waals surface area contributed by atoms with Crippen molar-refractivity contribution >= 4 is 0 Å². The van der Waals surface area contributed by atoms with E-state index in [1.165, 1.54) is 32.4 Å². The fourth-order valence-electron chi connectivity index (χ4n) is 3.13. The van der Waals surface area contributed by atoms with Crippen LogP contribution in [0.5, 0.6) is 0 Å². The molecular weight excluding hydrogens is 208 g/mol. The third-order valence-corrected chi connectivity index (χ3v) is 4.51. The highest BCUT2D eigenvalue weighted by Crippen LogP contribution is 2.41. The molecule has 1 saturated carbocycles. The summed E-state index contributed by atoms with van der Waals surface area (Å²) in [5.74, 6) is 3.67. The molecule has 1 aliphatic carbocycles. The molecule has 96 valence electrons. The van der Waals surface area contributed by atoms with E-state index in [-0.39, 0.29) is 0 Å². The van der Waals surface area contributed by atoms with Gasteiger partial charge in [0.15, 0.2) is 0 Å².